The molecule has 2 aromatic rings. The van der Waals surface area contributed by atoms with E-state index in [4.69, 9.17) is 0 Å². The lowest BCUT2D eigenvalue weighted by atomic mass is 9.92. The first kappa shape index (κ1) is 14.3. The van der Waals surface area contributed by atoms with Crippen LogP contribution >= 0.6 is 0 Å². The zero-order valence-electron chi connectivity index (χ0n) is 12.4. The quantitative estimate of drug-likeness (QED) is 0.848. The molecule has 0 radical (unpaired) electrons. The number of aromatic nitrogens is 2. The van der Waals surface area contributed by atoms with Gasteiger partial charge < -0.3 is 5.32 Å². The van der Waals surface area contributed by atoms with Crippen molar-refractivity contribution >= 4 is 0 Å². The third kappa shape index (κ3) is 3.70. The molecule has 1 N–H and O–H groups in total. The molecule has 1 aliphatic rings. The van der Waals surface area contributed by atoms with Gasteiger partial charge in [-0.1, -0.05) is 18.2 Å². The average Bonchev–Trinajstić information content (AvgIpc) is 3.22. The Kier molecular flexibility index (Phi) is 4.34. The topological polar surface area (TPSA) is 29.9 Å². The second-order valence-corrected chi connectivity index (χ2v) is 5.81. The molecule has 1 saturated carbocycles. The van der Waals surface area contributed by atoms with E-state index in [1.165, 1.54) is 18.4 Å². The Morgan fingerprint density at radius 2 is 2.19 bits per heavy atom. The second kappa shape index (κ2) is 6.39. The average molecular weight is 287 g/mol. The molecule has 0 bridgehead atoms. The van der Waals surface area contributed by atoms with Gasteiger partial charge in [-0.25, -0.2) is 4.39 Å². The van der Waals surface area contributed by atoms with Gasteiger partial charge in [0.1, 0.15) is 5.82 Å². The van der Waals surface area contributed by atoms with Gasteiger partial charge >= 0.3 is 0 Å². The van der Waals surface area contributed by atoms with E-state index in [-0.39, 0.29) is 11.7 Å². The first-order valence-electron chi connectivity index (χ1n) is 7.75. The number of halogens is 1. The van der Waals surface area contributed by atoms with Gasteiger partial charge in [0.15, 0.2) is 0 Å². The highest BCUT2D eigenvalue weighted by molar-refractivity contribution is 5.24. The highest BCUT2D eigenvalue weighted by Gasteiger charge is 2.24. The van der Waals surface area contributed by atoms with E-state index in [0.717, 1.165) is 25.1 Å². The number of aryl methyl sites for hydroxylation is 1. The summed E-state index contributed by atoms with van der Waals surface area (Å²) in [6.45, 7) is 3.76. The van der Waals surface area contributed by atoms with Gasteiger partial charge in [0, 0.05) is 31.2 Å². The number of hydrogen-bond acceptors (Lipinski definition) is 2. The molecule has 21 heavy (non-hydrogen) atoms. The van der Waals surface area contributed by atoms with Crippen LogP contribution in [-0.4, -0.2) is 22.4 Å². The number of nitrogens with zero attached hydrogens (tertiary/aromatic N) is 2. The lowest BCUT2D eigenvalue weighted by Gasteiger charge is -2.18. The summed E-state index contributed by atoms with van der Waals surface area (Å²) in [7, 11) is 0. The minimum atomic E-state index is -0.108. The van der Waals surface area contributed by atoms with Crippen molar-refractivity contribution in [3.8, 4) is 0 Å². The van der Waals surface area contributed by atoms with Crippen LogP contribution in [0.2, 0.25) is 0 Å². The molecule has 1 aromatic carbocycles. The Hall–Kier alpha value is -1.68. The van der Waals surface area contributed by atoms with Crippen LogP contribution in [0.4, 0.5) is 4.39 Å². The van der Waals surface area contributed by atoms with Crippen LogP contribution in [0.25, 0.3) is 0 Å². The molecule has 0 aliphatic heterocycles. The molecule has 1 fully saturated rings. The van der Waals surface area contributed by atoms with Crippen molar-refractivity contribution in [2.45, 2.75) is 44.7 Å². The van der Waals surface area contributed by atoms with E-state index in [9.17, 15) is 4.39 Å². The maximum absolute atomic E-state index is 14.1. The molecule has 1 unspecified atom stereocenters. The normalized spacial score (nSPS) is 16.1. The summed E-state index contributed by atoms with van der Waals surface area (Å²) >= 11 is 0. The third-order valence-corrected chi connectivity index (χ3v) is 4.07. The van der Waals surface area contributed by atoms with Gasteiger partial charge in [-0.15, -0.1) is 0 Å². The van der Waals surface area contributed by atoms with Crippen LogP contribution in [0, 0.1) is 5.82 Å². The molecule has 4 heteroatoms. The molecule has 3 rings (SSSR count). The minimum Gasteiger partial charge on any atom is -0.313 e. The minimum absolute atomic E-state index is 0.108. The van der Waals surface area contributed by atoms with Crippen molar-refractivity contribution in [3.63, 3.8) is 0 Å². The first-order chi connectivity index (χ1) is 10.3. The Bertz CT molecular complexity index is 589. The zero-order valence-corrected chi connectivity index (χ0v) is 12.4. The van der Waals surface area contributed by atoms with E-state index in [2.05, 4.69) is 23.5 Å². The number of hydrogen-bond donors (Lipinski definition) is 1. The highest BCUT2D eigenvalue weighted by atomic mass is 19.1. The Balaban J connectivity index is 1.75. The summed E-state index contributed by atoms with van der Waals surface area (Å²) in [6, 6.07) is 7.75. The van der Waals surface area contributed by atoms with Gasteiger partial charge in [0.25, 0.3) is 0 Å². The smallest absolute Gasteiger partial charge is 0.126 e. The van der Waals surface area contributed by atoms with Gasteiger partial charge in [-0.05, 0) is 43.4 Å². The molecule has 1 atom stereocenters. The SMILES string of the molecule is CCn1cc(CC(CNC2CC2)c2ccccc2F)cn1. The van der Waals surface area contributed by atoms with Crippen molar-refractivity contribution in [1.29, 1.82) is 0 Å². The van der Waals surface area contributed by atoms with Crippen LogP contribution in [-0.2, 0) is 13.0 Å². The van der Waals surface area contributed by atoms with E-state index in [0.29, 0.717) is 6.04 Å². The van der Waals surface area contributed by atoms with Crippen LogP contribution in [0.5, 0.6) is 0 Å². The summed E-state index contributed by atoms with van der Waals surface area (Å²) in [5.41, 5.74) is 1.97. The van der Waals surface area contributed by atoms with E-state index in [1.807, 2.05) is 23.0 Å². The van der Waals surface area contributed by atoms with Gasteiger partial charge in [0.2, 0.25) is 0 Å². The summed E-state index contributed by atoms with van der Waals surface area (Å²) < 4.78 is 16.0. The predicted octanol–water partition coefficient (Wildman–Crippen LogP) is 3.12. The molecule has 1 aromatic heterocycles. The van der Waals surface area contributed by atoms with Gasteiger partial charge in [-0.2, -0.15) is 5.10 Å². The van der Waals surface area contributed by atoms with Crippen molar-refractivity contribution in [2.75, 3.05) is 6.54 Å². The lowest BCUT2D eigenvalue weighted by Crippen LogP contribution is -2.25. The fraction of sp³-hybridized carbons (Fsp3) is 0.471. The van der Waals surface area contributed by atoms with Crippen LogP contribution in [0.1, 0.15) is 36.8 Å². The maximum atomic E-state index is 14.1. The number of rotatable bonds is 7. The molecular formula is C17H22FN3. The molecule has 0 amide bonds. The van der Waals surface area contributed by atoms with Gasteiger partial charge in [-0.3, -0.25) is 4.68 Å². The predicted molar refractivity (Wildman–Crippen MR) is 81.8 cm³/mol. The highest BCUT2D eigenvalue weighted by Crippen LogP contribution is 2.25. The summed E-state index contributed by atoms with van der Waals surface area (Å²) in [5, 5.41) is 7.84. The summed E-state index contributed by atoms with van der Waals surface area (Å²) in [6.07, 6.45) is 7.27. The molecule has 3 nitrogen and oxygen atoms in total. The number of benzene rings is 1. The molecule has 1 heterocycles. The van der Waals surface area contributed by atoms with E-state index in [1.54, 1.807) is 12.1 Å². The molecular weight excluding hydrogens is 265 g/mol. The largest absolute Gasteiger partial charge is 0.313 e. The van der Waals surface area contributed by atoms with Crippen molar-refractivity contribution < 1.29 is 4.39 Å². The van der Waals surface area contributed by atoms with Crippen LogP contribution in [0.15, 0.2) is 36.7 Å². The molecule has 0 spiro atoms. The zero-order chi connectivity index (χ0) is 14.7. The van der Waals surface area contributed by atoms with Gasteiger partial charge in [0.05, 0.1) is 6.20 Å². The molecule has 112 valence electrons. The Morgan fingerprint density at radius 1 is 1.38 bits per heavy atom. The number of nitrogens with one attached hydrogen (secondary N) is 1. The third-order valence-electron chi connectivity index (χ3n) is 4.07. The summed E-state index contributed by atoms with van der Waals surface area (Å²) in [5.74, 6) is 0.0456. The fourth-order valence-electron chi connectivity index (χ4n) is 2.66. The Labute approximate surface area is 125 Å². The summed E-state index contributed by atoms with van der Waals surface area (Å²) in [4.78, 5) is 0. The maximum Gasteiger partial charge on any atom is 0.126 e. The van der Waals surface area contributed by atoms with Crippen LogP contribution in [0.3, 0.4) is 0 Å². The van der Waals surface area contributed by atoms with E-state index >= 15 is 0 Å². The monoisotopic (exact) mass is 287 g/mol. The first-order valence-corrected chi connectivity index (χ1v) is 7.75. The van der Waals surface area contributed by atoms with Crippen molar-refractivity contribution in [3.05, 3.63) is 53.6 Å². The Morgan fingerprint density at radius 3 is 2.86 bits per heavy atom. The van der Waals surface area contributed by atoms with Crippen LogP contribution < -0.4 is 5.32 Å². The van der Waals surface area contributed by atoms with E-state index < -0.39 is 0 Å². The lowest BCUT2D eigenvalue weighted by molar-refractivity contribution is 0.535. The van der Waals surface area contributed by atoms with Crippen molar-refractivity contribution in [1.82, 2.24) is 15.1 Å². The molecule has 0 saturated heterocycles. The van der Waals surface area contributed by atoms with Crippen molar-refractivity contribution in [2.24, 2.45) is 0 Å². The fourth-order valence-corrected chi connectivity index (χ4v) is 2.66. The second-order valence-electron chi connectivity index (χ2n) is 5.81. The molecule has 1 aliphatic carbocycles. The standard InChI is InChI=1S/C17H22FN3/c1-2-21-12-13(10-20-21)9-14(11-19-15-7-8-15)16-5-3-4-6-17(16)18/h3-6,10,12,14-15,19H,2,7-9,11H2,1H3.